The first kappa shape index (κ1) is 15.3. The summed E-state index contributed by atoms with van der Waals surface area (Å²) in [6, 6.07) is 18.4. The molecule has 0 N–H and O–H groups in total. The zero-order valence-electron chi connectivity index (χ0n) is 13.3. The molecule has 116 valence electrons. The average molecular weight is 304 g/mol. The van der Waals surface area contributed by atoms with Gasteiger partial charge in [0.2, 0.25) is 0 Å². The van der Waals surface area contributed by atoms with E-state index >= 15 is 0 Å². The van der Waals surface area contributed by atoms with Gasteiger partial charge in [-0.2, -0.15) is 0 Å². The molecule has 0 saturated carbocycles. The van der Waals surface area contributed by atoms with E-state index in [0.717, 1.165) is 17.6 Å². The number of carbonyl (C=O) groups excluding carboxylic acids is 1. The minimum atomic E-state index is -0.271. The molecule has 0 saturated heterocycles. The standard InChI is InChI=1S/C21H20O2/c1-3-9-18-17-13-8-7-12-16(17)14-19(21(22)23-2)20(18)15-10-5-4-6-11-15/h3-8,10-13,19H,1,9,14H2,2H3. The van der Waals surface area contributed by atoms with Crippen molar-refractivity contribution in [2.45, 2.75) is 12.8 Å². The number of ether oxygens (including phenoxy) is 1. The quantitative estimate of drug-likeness (QED) is 0.613. The van der Waals surface area contributed by atoms with Crippen molar-refractivity contribution in [1.82, 2.24) is 0 Å². The molecule has 0 heterocycles. The summed E-state index contributed by atoms with van der Waals surface area (Å²) in [6.07, 6.45) is 3.30. The molecule has 0 bridgehead atoms. The minimum absolute atomic E-state index is 0.181. The first-order valence-corrected chi connectivity index (χ1v) is 7.81. The van der Waals surface area contributed by atoms with E-state index in [1.165, 1.54) is 23.8 Å². The van der Waals surface area contributed by atoms with Gasteiger partial charge in [-0.25, -0.2) is 0 Å². The highest BCUT2D eigenvalue weighted by atomic mass is 16.5. The van der Waals surface area contributed by atoms with Crippen molar-refractivity contribution >= 4 is 17.1 Å². The third kappa shape index (κ3) is 2.85. The van der Waals surface area contributed by atoms with Gasteiger partial charge in [0.25, 0.3) is 0 Å². The third-order valence-corrected chi connectivity index (χ3v) is 4.36. The first-order valence-electron chi connectivity index (χ1n) is 7.81. The van der Waals surface area contributed by atoms with Gasteiger partial charge in [0.05, 0.1) is 13.0 Å². The summed E-state index contributed by atoms with van der Waals surface area (Å²) < 4.78 is 5.08. The number of rotatable bonds is 4. The molecule has 0 amide bonds. The van der Waals surface area contributed by atoms with Gasteiger partial charge in [-0.15, -0.1) is 6.58 Å². The average Bonchev–Trinajstić information content (AvgIpc) is 2.61. The van der Waals surface area contributed by atoms with Crippen molar-refractivity contribution in [1.29, 1.82) is 0 Å². The summed E-state index contributed by atoms with van der Waals surface area (Å²) in [5.41, 5.74) is 5.72. The van der Waals surface area contributed by atoms with Crippen LogP contribution >= 0.6 is 0 Å². The monoisotopic (exact) mass is 304 g/mol. The number of allylic oxidation sites excluding steroid dienone is 2. The van der Waals surface area contributed by atoms with Gasteiger partial charge in [-0.3, -0.25) is 4.79 Å². The number of benzene rings is 2. The van der Waals surface area contributed by atoms with Crippen molar-refractivity contribution < 1.29 is 9.53 Å². The molecule has 1 aliphatic rings. The normalized spacial score (nSPS) is 16.7. The molecular formula is C21H20O2. The second-order valence-corrected chi connectivity index (χ2v) is 5.69. The fourth-order valence-electron chi connectivity index (χ4n) is 3.37. The molecule has 0 aliphatic heterocycles. The molecule has 0 radical (unpaired) electrons. The molecular weight excluding hydrogens is 284 g/mol. The van der Waals surface area contributed by atoms with Crippen molar-refractivity contribution in [3.63, 3.8) is 0 Å². The summed E-state index contributed by atoms with van der Waals surface area (Å²) in [7, 11) is 1.46. The van der Waals surface area contributed by atoms with Crippen molar-refractivity contribution in [2.24, 2.45) is 5.92 Å². The molecule has 1 atom stereocenters. The van der Waals surface area contributed by atoms with E-state index in [9.17, 15) is 4.79 Å². The van der Waals surface area contributed by atoms with Crippen LogP contribution in [0.1, 0.15) is 23.1 Å². The Bertz CT molecular complexity index is 756. The van der Waals surface area contributed by atoms with Crippen LogP contribution in [0.2, 0.25) is 0 Å². The predicted molar refractivity (Wildman–Crippen MR) is 93.7 cm³/mol. The topological polar surface area (TPSA) is 26.3 Å². The van der Waals surface area contributed by atoms with E-state index in [0.29, 0.717) is 6.42 Å². The van der Waals surface area contributed by atoms with Crippen LogP contribution in [-0.4, -0.2) is 13.1 Å². The number of methoxy groups -OCH3 is 1. The van der Waals surface area contributed by atoms with E-state index in [1.54, 1.807) is 0 Å². The van der Waals surface area contributed by atoms with Crippen LogP contribution < -0.4 is 0 Å². The number of carbonyl (C=O) groups is 1. The highest BCUT2D eigenvalue weighted by Crippen LogP contribution is 2.42. The third-order valence-electron chi connectivity index (χ3n) is 4.36. The Kier molecular flexibility index (Phi) is 4.42. The Balaban J connectivity index is 2.27. The lowest BCUT2D eigenvalue weighted by Crippen LogP contribution is -2.25. The van der Waals surface area contributed by atoms with Gasteiger partial charge in [-0.1, -0.05) is 60.7 Å². The smallest absolute Gasteiger partial charge is 0.313 e. The van der Waals surface area contributed by atoms with Gasteiger partial charge in [0.1, 0.15) is 0 Å². The number of esters is 1. The first-order chi connectivity index (χ1) is 11.3. The number of fused-ring (bicyclic) bond motifs is 1. The Labute approximate surface area is 137 Å². The molecule has 0 spiro atoms. The summed E-state index contributed by atoms with van der Waals surface area (Å²) in [5.74, 6) is -0.452. The highest BCUT2D eigenvalue weighted by Gasteiger charge is 2.32. The van der Waals surface area contributed by atoms with Crippen LogP contribution in [-0.2, 0) is 16.0 Å². The Morgan fingerprint density at radius 1 is 1.17 bits per heavy atom. The van der Waals surface area contributed by atoms with E-state index in [4.69, 9.17) is 4.74 Å². The lowest BCUT2D eigenvalue weighted by molar-refractivity contribution is -0.143. The predicted octanol–water partition coefficient (Wildman–Crippen LogP) is 4.52. The molecule has 23 heavy (non-hydrogen) atoms. The van der Waals surface area contributed by atoms with Crippen LogP contribution in [0, 0.1) is 5.92 Å². The second kappa shape index (κ2) is 6.66. The Hall–Kier alpha value is -2.61. The van der Waals surface area contributed by atoms with E-state index in [1.807, 2.05) is 36.4 Å². The number of hydrogen-bond acceptors (Lipinski definition) is 2. The van der Waals surface area contributed by atoms with Crippen LogP contribution in [0.3, 0.4) is 0 Å². The summed E-state index contributed by atoms with van der Waals surface area (Å²) in [5, 5.41) is 0. The summed E-state index contributed by atoms with van der Waals surface area (Å²) in [6.45, 7) is 3.90. The molecule has 1 aliphatic carbocycles. The van der Waals surface area contributed by atoms with Crippen LogP contribution in [0.4, 0.5) is 0 Å². The van der Waals surface area contributed by atoms with Crippen molar-refractivity contribution in [3.8, 4) is 0 Å². The fraction of sp³-hybridized carbons (Fsp3) is 0.190. The maximum Gasteiger partial charge on any atom is 0.313 e. The van der Waals surface area contributed by atoms with E-state index < -0.39 is 0 Å². The molecule has 2 aromatic carbocycles. The summed E-state index contributed by atoms with van der Waals surface area (Å²) >= 11 is 0. The van der Waals surface area contributed by atoms with Gasteiger partial charge >= 0.3 is 5.97 Å². The molecule has 0 fully saturated rings. The molecule has 1 unspecified atom stereocenters. The van der Waals surface area contributed by atoms with Crippen molar-refractivity contribution in [3.05, 3.63) is 83.9 Å². The minimum Gasteiger partial charge on any atom is -0.469 e. The molecule has 2 aromatic rings. The maximum absolute atomic E-state index is 12.4. The van der Waals surface area contributed by atoms with E-state index in [-0.39, 0.29) is 11.9 Å². The largest absolute Gasteiger partial charge is 0.469 e. The second-order valence-electron chi connectivity index (χ2n) is 5.69. The Morgan fingerprint density at radius 2 is 1.87 bits per heavy atom. The number of hydrogen-bond donors (Lipinski definition) is 0. The van der Waals surface area contributed by atoms with E-state index in [2.05, 4.69) is 30.8 Å². The SMILES string of the molecule is C=CCC1=C(c2ccccc2)C(C(=O)OC)Cc2ccccc21. The molecule has 3 rings (SSSR count). The van der Waals surface area contributed by atoms with Crippen LogP contribution in [0.5, 0.6) is 0 Å². The lowest BCUT2D eigenvalue weighted by Gasteiger charge is -2.29. The molecule has 2 heteroatoms. The van der Waals surface area contributed by atoms with Crippen molar-refractivity contribution in [2.75, 3.05) is 7.11 Å². The van der Waals surface area contributed by atoms with Crippen LogP contribution in [0.25, 0.3) is 11.1 Å². The Morgan fingerprint density at radius 3 is 2.57 bits per heavy atom. The fourth-order valence-corrected chi connectivity index (χ4v) is 3.37. The lowest BCUT2D eigenvalue weighted by atomic mass is 9.75. The summed E-state index contributed by atoms with van der Waals surface area (Å²) in [4.78, 5) is 12.4. The van der Waals surface area contributed by atoms with Gasteiger partial charge in [0.15, 0.2) is 0 Å². The van der Waals surface area contributed by atoms with Crippen LogP contribution in [0.15, 0.2) is 67.3 Å². The highest BCUT2D eigenvalue weighted by molar-refractivity contribution is 6.02. The van der Waals surface area contributed by atoms with Gasteiger partial charge in [-0.05, 0) is 40.7 Å². The zero-order chi connectivity index (χ0) is 16.2. The van der Waals surface area contributed by atoms with Gasteiger partial charge in [0, 0.05) is 0 Å². The zero-order valence-corrected chi connectivity index (χ0v) is 13.3. The molecule has 0 aromatic heterocycles. The van der Waals surface area contributed by atoms with Gasteiger partial charge < -0.3 is 4.74 Å². The maximum atomic E-state index is 12.4. The molecule has 2 nitrogen and oxygen atoms in total.